The zero-order valence-corrected chi connectivity index (χ0v) is 13.6. The van der Waals surface area contributed by atoms with Gasteiger partial charge in [0.25, 0.3) is 0 Å². The van der Waals surface area contributed by atoms with Crippen LogP contribution in [0.2, 0.25) is 0 Å². The molecule has 0 amide bonds. The predicted molar refractivity (Wildman–Crippen MR) is 84.7 cm³/mol. The van der Waals surface area contributed by atoms with E-state index in [1.54, 1.807) is 0 Å². The average molecular weight is 277 g/mol. The van der Waals surface area contributed by atoms with Gasteiger partial charge in [0.05, 0.1) is 6.20 Å². The van der Waals surface area contributed by atoms with E-state index in [-0.39, 0.29) is 0 Å². The van der Waals surface area contributed by atoms with Crippen molar-refractivity contribution < 1.29 is 0 Å². The molecule has 20 heavy (non-hydrogen) atoms. The summed E-state index contributed by atoms with van der Waals surface area (Å²) in [7, 11) is 2.00. The second-order valence-corrected chi connectivity index (χ2v) is 7.06. The Morgan fingerprint density at radius 3 is 2.80 bits per heavy atom. The molecule has 0 spiro atoms. The van der Waals surface area contributed by atoms with Crippen molar-refractivity contribution in [3.8, 4) is 0 Å². The van der Waals surface area contributed by atoms with Gasteiger partial charge in [0.15, 0.2) is 0 Å². The molecule has 1 aliphatic rings. The lowest BCUT2D eigenvalue weighted by Gasteiger charge is -2.35. The highest BCUT2D eigenvalue weighted by Gasteiger charge is 2.28. The van der Waals surface area contributed by atoms with Crippen LogP contribution in [0.5, 0.6) is 0 Å². The largest absolute Gasteiger partial charge is 0.314 e. The molecule has 1 N–H and O–H groups in total. The molecule has 1 aromatic heterocycles. The van der Waals surface area contributed by atoms with Crippen LogP contribution in [0.3, 0.4) is 0 Å². The molecule has 1 heterocycles. The zero-order chi connectivity index (χ0) is 14.5. The summed E-state index contributed by atoms with van der Waals surface area (Å²) < 4.78 is 1.91. The minimum Gasteiger partial charge on any atom is -0.314 e. The molecule has 3 heteroatoms. The summed E-state index contributed by atoms with van der Waals surface area (Å²) in [5.74, 6) is 2.65. The third-order valence-corrected chi connectivity index (χ3v) is 4.75. The van der Waals surface area contributed by atoms with Gasteiger partial charge in [-0.15, -0.1) is 0 Å². The van der Waals surface area contributed by atoms with E-state index in [4.69, 9.17) is 0 Å². The highest BCUT2D eigenvalue weighted by molar-refractivity contribution is 5.04. The minimum atomic E-state index is 0.605. The van der Waals surface area contributed by atoms with E-state index >= 15 is 0 Å². The van der Waals surface area contributed by atoms with Gasteiger partial charge >= 0.3 is 0 Å². The van der Waals surface area contributed by atoms with Crippen LogP contribution in [0.15, 0.2) is 12.4 Å². The highest BCUT2D eigenvalue weighted by atomic mass is 15.2. The number of aromatic nitrogens is 2. The fourth-order valence-electron chi connectivity index (χ4n) is 3.52. The minimum absolute atomic E-state index is 0.605. The Kier molecular flexibility index (Phi) is 5.64. The van der Waals surface area contributed by atoms with E-state index < -0.39 is 0 Å². The summed E-state index contributed by atoms with van der Waals surface area (Å²) >= 11 is 0. The fraction of sp³-hybridized carbons (Fsp3) is 0.824. The van der Waals surface area contributed by atoms with Crippen LogP contribution >= 0.6 is 0 Å². The Morgan fingerprint density at radius 1 is 1.35 bits per heavy atom. The number of hydrogen-bond acceptors (Lipinski definition) is 2. The molecule has 1 fully saturated rings. The molecule has 0 bridgehead atoms. The summed E-state index contributed by atoms with van der Waals surface area (Å²) in [6, 6.07) is 0.605. The number of nitrogens with one attached hydrogen (secondary N) is 1. The van der Waals surface area contributed by atoms with Crippen molar-refractivity contribution in [1.82, 2.24) is 15.1 Å². The van der Waals surface area contributed by atoms with Crippen LogP contribution in [0.1, 0.15) is 52.0 Å². The molecule has 1 aliphatic carbocycles. The van der Waals surface area contributed by atoms with Crippen LogP contribution in [-0.2, 0) is 13.5 Å². The van der Waals surface area contributed by atoms with Crippen LogP contribution in [0.4, 0.5) is 0 Å². The molecular formula is C17H31N3. The highest BCUT2D eigenvalue weighted by Crippen LogP contribution is 2.36. The second kappa shape index (κ2) is 7.26. The van der Waals surface area contributed by atoms with Crippen molar-refractivity contribution in [2.45, 2.75) is 58.9 Å². The first kappa shape index (κ1) is 15.6. The van der Waals surface area contributed by atoms with Gasteiger partial charge in [-0.05, 0) is 55.5 Å². The topological polar surface area (TPSA) is 29.9 Å². The number of rotatable bonds is 6. The summed E-state index contributed by atoms with van der Waals surface area (Å²) in [5, 5.41) is 7.92. The van der Waals surface area contributed by atoms with Gasteiger partial charge in [-0.25, -0.2) is 0 Å². The third kappa shape index (κ3) is 4.62. The lowest BCUT2D eigenvalue weighted by atomic mass is 9.72. The molecule has 0 aromatic carbocycles. The number of nitrogens with zero attached hydrogens (tertiary/aromatic N) is 2. The Balaban J connectivity index is 1.86. The Bertz CT molecular complexity index is 397. The van der Waals surface area contributed by atoms with Crippen LogP contribution in [0.25, 0.3) is 0 Å². The summed E-state index contributed by atoms with van der Waals surface area (Å²) in [5.41, 5.74) is 1.39. The Hall–Kier alpha value is -0.830. The van der Waals surface area contributed by atoms with E-state index in [0.29, 0.717) is 6.04 Å². The smallest absolute Gasteiger partial charge is 0.0521 e. The monoisotopic (exact) mass is 277 g/mol. The molecule has 3 nitrogen and oxygen atoms in total. The van der Waals surface area contributed by atoms with Gasteiger partial charge in [-0.2, -0.15) is 5.10 Å². The first-order valence-corrected chi connectivity index (χ1v) is 8.25. The van der Waals surface area contributed by atoms with E-state index in [1.807, 2.05) is 17.9 Å². The normalized spacial score (nSPS) is 27.1. The van der Waals surface area contributed by atoms with Crippen molar-refractivity contribution >= 4 is 0 Å². The van der Waals surface area contributed by atoms with Gasteiger partial charge in [-0.3, -0.25) is 4.68 Å². The maximum atomic E-state index is 4.28. The van der Waals surface area contributed by atoms with Crippen molar-refractivity contribution in [1.29, 1.82) is 0 Å². The fourth-order valence-corrected chi connectivity index (χ4v) is 3.52. The van der Waals surface area contributed by atoms with Crippen LogP contribution < -0.4 is 5.32 Å². The lowest BCUT2D eigenvalue weighted by Crippen LogP contribution is -2.35. The molecule has 3 atom stereocenters. The quantitative estimate of drug-likeness (QED) is 0.863. The average Bonchev–Trinajstić information content (AvgIpc) is 2.81. The first-order chi connectivity index (χ1) is 9.54. The van der Waals surface area contributed by atoms with Crippen molar-refractivity contribution in [3.63, 3.8) is 0 Å². The maximum absolute atomic E-state index is 4.28. The molecule has 0 aliphatic heterocycles. The molecule has 2 rings (SSSR count). The van der Waals surface area contributed by atoms with Crippen LogP contribution in [-0.4, -0.2) is 22.4 Å². The van der Waals surface area contributed by atoms with Crippen LogP contribution in [0, 0.1) is 17.8 Å². The van der Waals surface area contributed by atoms with E-state index in [1.165, 1.54) is 44.2 Å². The number of aryl methyl sites for hydroxylation is 2. The van der Waals surface area contributed by atoms with Gasteiger partial charge in [0.2, 0.25) is 0 Å². The summed E-state index contributed by atoms with van der Waals surface area (Å²) in [6.07, 6.45) is 10.9. The summed E-state index contributed by atoms with van der Waals surface area (Å²) in [4.78, 5) is 0. The van der Waals surface area contributed by atoms with Gasteiger partial charge in [0, 0.05) is 19.3 Å². The second-order valence-electron chi connectivity index (χ2n) is 7.06. The van der Waals surface area contributed by atoms with E-state index in [0.717, 1.165) is 17.8 Å². The molecular weight excluding hydrogens is 246 g/mol. The third-order valence-electron chi connectivity index (χ3n) is 4.75. The summed E-state index contributed by atoms with van der Waals surface area (Å²) in [6.45, 7) is 8.11. The van der Waals surface area contributed by atoms with Gasteiger partial charge in [0.1, 0.15) is 0 Å². The molecule has 0 radical (unpaired) electrons. The molecule has 1 aromatic rings. The van der Waals surface area contributed by atoms with Gasteiger partial charge in [-0.1, -0.05) is 27.2 Å². The Morgan fingerprint density at radius 2 is 2.15 bits per heavy atom. The standard InChI is InChI=1S/C17H31N3/c1-13(2)18-11-17-7-5-14(3)9-16(17)8-6-15-10-19-20(4)12-15/h10,12-14,16-18H,5-9,11H2,1-4H3. The predicted octanol–water partition coefficient (Wildman–Crippen LogP) is 3.40. The SMILES string of the molecule is CC1CCC(CNC(C)C)C(CCc2cnn(C)c2)C1. The Labute approximate surface area is 124 Å². The lowest BCUT2D eigenvalue weighted by molar-refractivity contribution is 0.172. The first-order valence-electron chi connectivity index (χ1n) is 8.25. The molecule has 1 saturated carbocycles. The molecule has 3 unspecified atom stereocenters. The van der Waals surface area contributed by atoms with Crippen molar-refractivity contribution in [2.24, 2.45) is 24.8 Å². The number of hydrogen-bond donors (Lipinski definition) is 1. The van der Waals surface area contributed by atoms with Gasteiger partial charge < -0.3 is 5.32 Å². The molecule has 0 saturated heterocycles. The molecule has 114 valence electrons. The van der Waals surface area contributed by atoms with Crippen molar-refractivity contribution in [3.05, 3.63) is 18.0 Å². The van der Waals surface area contributed by atoms with Crippen molar-refractivity contribution in [2.75, 3.05) is 6.54 Å². The van der Waals surface area contributed by atoms with E-state index in [9.17, 15) is 0 Å². The van der Waals surface area contributed by atoms with E-state index in [2.05, 4.69) is 37.4 Å². The zero-order valence-electron chi connectivity index (χ0n) is 13.6. The maximum Gasteiger partial charge on any atom is 0.0521 e.